The molecule has 0 aromatic heterocycles. The first-order valence-corrected chi connectivity index (χ1v) is 8.39. The van der Waals surface area contributed by atoms with E-state index in [1.807, 2.05) is 0 Å². The summed E-state index contributed by atoms with van der Waals surface area (Å²) in [6, 6.07) is 2.15. The molecule has 2 aromatic carbocycles. The molecule has 0 saturated heterocycles. The Morgan fingerprint density at radius 1 is 1.15 bits per heavy atom. The van der Waals surface area contributed by atoms with Gasteiger partial charge in [0.1, 0.15) is 12.4 Å². The number of fused-ring (bicyclic) bond motifs is 1. The van der Waals surface area contributed by atoms with Gasteiger partial charge in [-0.2, -0.15) is 0 Å². The lowest BCUT2D eigenvalue weighted by Crippen LogP contribution is -2.22. The van der Waals surface area contributed by atoms with E-state index in [4.69, 9.17) is 4.74 Å². The van der Waals surface area contributed by atoms with Crippen LogP contribution >= 0.6 is 0 Å². The number of benzene rings is 2. The number of rotatable bonds is 4. The second-order valence-corrected chi connectivity index (χ2v) is 7.37. The number of carbonyl (C=O) groups is 1. The molecule has 0 atom stereocenters. The van der Waals surface area contributed by atoms with E-state index in [0.717, 1.165) is 12.1 Å². The molecule has 26 heavy (non-hydrogen) atoms. The third-order valence-electron chi connectivity index (χ3n) is 3.71. The summed E-state index contributed by atoms with van der Waals surface area (Å²) < 4.78 is 5.09. The summed E-state index contributed by atoms with van der Waals surface area (Å²) in [5, 5.41) is 41.0. The molecule has 0 aliphatic carbocycles. The Labute approximate surface area is 150 Å². The molecule has 0 bridgehead atoms. The first-order valence-electron chi connectivity index (χ1n) is 7.44. The van der Waals surface area contributed by atoms with Gasteiger partial charge in [-0.25, -0.2) is 0 Å². The maximum atomic E-state index is 11.9. The van der Waals surface area contributed by atoms with E-state index >= 15 is 0 Å². The minimum Gasteiger partial charge on any atom is -0.507 e. The summed E-state index contributed by atoms with van der Waals surface area (Å²) in [6.45, 7) is 4.46. The Morgan fingerprint density at radius 3 is 2.23 bits per heavy atom. The first-order chi connectivity index (χ1) is 12.0. The average molecular weight is 379 g/mol. The second-order valence-electron chi connectivity index (χ2n) is 6.64. The highest BCUT2D eigenvalue weighted by atomic mass is 28.2. The molecule has 2 rings (SSSR count). The van der Waals surface area contributed by atoms with Gasteiger partial charge in [0, 0.05) is 16.8 Å². The number of carbonyl (C=O) groups excluding carboxylic acids is 1. The van der Waals surface area contributed by atoms with E-state index in [2.05, 4.69) is 0 Å². The number of nitro benzene ring substituents is 1. The van der Waals surface area contributed by atoms with Crippen LogP contribution in [0, 0.1) is 15.5 Å². The fourth-order valence-corrected chi connectivity index (χ4v) is 2.73. The van der Waals surface area contributed by atoms with Crippen molar-refractivity contribution in [3.8, 4) is 17.2 Å². The number of hydrogen-bond acceptors (Lipinski definition) is 8. The topological polar surface area (TPSA) is 150 Å². The van der Waals surface area contributed by atoms with Crippen molar-refractivity contribution < 1.29 is 34.6 Å². The van der Waals surface area contributed by atoms with Gasteiger partial charge in [0.25, 0.3) is 15.5 Å². The maximum absolute atomic E-state index is 11.9. The van der Waals surface area contributed by atoms with Crippen LogP contribution in [0.15, 0.2) is 12.1 Å². The summed E-state index contributed by atoms with van der Waals surface area (Å²) in [7, 11) is -1.03. The van der Waals surface area contributed by atoms with Crippen LogP contribution in [0.5, 0.6) is 17.2 Å². The summed E-state index contributed by atoms with van der Waals surface area (Å²) >= 11 is 0. The number of hydrogen-bond donors (Lipinski definition) is 4. The van der Waals surface area contributed by atoms with E-state index in [1.165, 1.54) is 0 Å². The zero-order chi connectivity index (χ0) is 19.8. The Bertz CT molecular complexity index is 904. The molecule has 2 radical (unpaired) electrons. The SMILES string of the molecule is CC(C)(C)C(=O)OCc1cc2c(O)c(O)c([Si]O)c(O)c2cc1[N+](=O)[O-]. The van der Waals surface area contributed by atoms with Crippen LogP contribution in [0.2, 0.25) is 0 Å². The summed E-state index contributed by atoms with van der Waals surface area (Å²) in [5.41, 5.74) is -1.26. The largest absolute Gasteiger partial charge is 0.507 e. The van der Waals surface area contributed by atoms with Crippen molar-refractivity contribution in [3.63, 3.8) is 0 Å². The Morgan fingerprint density at radius 2 is 1.73 bits per heavy atom. The number of esters is 1. The van der Waals surface area contributed by atoms with Crippen molar-refractivity contribution >= 4 is 37.4 Å². The smallest absolute Gasteiger partial charge is 0.311 e. The van der Waals surface area contributed by atoms with Crippen molar-refractivity contribution in [2.75, 3.05) is 0 Å². The fourth-order valence-electron chi connectivity index (χ4n) is 2.27. The molecule has 10 heteroatoms. The lowest BCUT2D eigenvalue weighted by Gasteiger charge is -2.17. The van der Waals surface area contributed by atoms with Crippen molar-refractivity contribution in [2.45, 2.75) is 27.4 Å². The van der Waals surface area contributed by atoms with Crippen LogP contribution in [-0.2, 0) is 16.1 Å². The van der Waals surface area contributed by atoms with Crippen LogP contribution in [0.25, 0.3) is 10.8 Å². The first kappa shape index (κ1) is 19.5. The third-order valence-corrected chi connectivity index (χ3v) is 4.40. The van der Waals surface area contributed by atoms with E-state index < -0.39 is 55.6 Å². The Balaban J connectivity index is 2.64. The highest BCUT2D eigenvalue weighted by molar-refractivity contribution is 6.49. The maximum Gasteiger partial charge on any atom is 0.311 e. The van der Waals surface area contributed by atoms with E-state index in [-0.39, 0.29) is 21.5 Å². The predicted octanol–water partition coefficient (Wildman–Crippen LogP) is 1.19. The number of phenols is 3. The van der Waals surface area contributed by atoms with Gasteiger partial charge in [-0.05, 0) is 26.8 Å². The number of nitrogens with zero attached hydrogens (tertiary/aromatic N) is 1. The highest BCUT2D eigenvalue weighted by Crippen LogP contribution is 2.40. The zero-order valence-corrected chi connectivity index (χ0v) is 15.2. The number of nitro groups is 1. The number of phenolic OH excluding ortho intramolecular Hbond substituents is 3. The van der Waals surface area contributed by atoms with Gasteiger partial charge < -0.3 is 24.9 Å². The molecule has 0 unspecified atom stereocenters. The monoisotopic (exact) mass is 379 g/mol. The average Bonchev–Trinajstić information content (AvgIpc) is 2.56. The van der Waals surface area contributed by atoms with Gasteiger partial charge >= 0.3 is 5.97 Å². The minimum absolute atomic E-state index is 0.0200. The minimum atomic E-state index is -1.03. The third kappa shape index (κ3) is 3.41. The molecule has 4 N–H and O–H groups in total. The lowest BCUT2D eigenvalue weighted by atomic mass is 9.97. The fraction of sp³-hybridized carbons (Fsp3) is 0.312. The summed E-state index contributed by atoms with van der Waals surface area (Å²) in [5.74, 6) is -2.51. The number of ether oxygens (including phenoxy) is 1. The van der Waals surface area contributed by atoms with Crippen molar-refractivity contribution in [1.29, 1.82) is 0 Å². The summed E-state index contributed by atoms with van der Waals surface area (Å²) in [4.78, 5) is 31.8. The van der Waals surface area contributed by atoms with Crippen LogP contribution in [0.1, 0.15) is 26.3 Å². The lowest BCUT2D eigenvalue weighted by molar-refractivity contribution is -0.385. The molecule has 0 aliphatic heterocycles. The molecular weight excluding hydrogens is 362 g/mol. The van der Waals surface area contributed by atoms with Crippen LogP contribution in [-0.4, -0.2) is 40.8 Å². The standard InChI is InChI=1S/C16H17NO8Si/c1-16(2,3)15(21)25-6-7-4-8-9(5-10(7)17(22)23)12(19)14(26-24)13(20)11(8)18/h4-5,18-20,24H,6H2,1-3H3. The molecule has 0 spiro atoms. The van der Waals surface area contributed by atoms with Gasteiger partial charge in [-0.15, -0.1) is 0 Å². The molecule has 0 aliphatic rings. The van der Waals surface area contributed by atoms with E-state index in [9.17, 15) is 35.0 Å². The molecule has 0 amide bonds. The molecular formula is C16H17NO8Si. The molecule has 138 valence electrons. The van der Waals surface area contributed by atoms with Crippen LogP contribution < -0.4 is 5.19 Å². The second kappa shape index (κ2) is 6.81. The van der Waals surface area contributed by atoms with Crippen LogP contribution in [0.3, 0.4) is 0 Å². The quantitative estimate of drug-likeness (QED) is 0.154. The van der Waals surface area contributed by atoms with Crippen molar-refractivity contribution in [3.05, 3.63) is 27.8 Å². The van der Waals surface area contributed by atoms with Crippen molar-refractivity contribution in [2.24, 2.45) is 5.41 Å². The zero-order valence-electron chi connectivity index (χ0n) is 14.2. The normalized spacial score (nSPS) is 11.5. The van der Waals surface area contributed by atoms with E-state index in [1.54, 1.807) is 20.8 Å². The Hall–Kier alpha value is -2.85. The van der Waals surface area contributed by atoms with Gasteiger partial charge in [0.05, 0.1) is 21.1 Å². The summed E-state index contributed by atoms with van der Waals surface area (Å²) in [6.07, 6.45) is 0. The number of aromatic hydroxyl groups is 3. The van der Waals surface area contributed by atoms with Crippen LogP contribution in [0.4, 0.5) is 5.69 Å². The molecule has 2 aromatic rings. The van der Waals surface area contributed by atoms with Crippen molar-refractivity contribution in [1.82, 2.24) is 0 Å². The molecule has 0 saturated carbocycles. The Kier molecular flexibility index (Phi) is 5.10. The predicted molar refractivity (Wildman–Crippen MR) is 92.5 cm³/mol. The molecule has 9 nitrogen and oxygen atoms in total. The highest BCUT2D eigenvalue weighted by Gasteiger charge is 2.27. The molecule has 0 heterocycles. The van der Waals surface area contributed by atoms with Gasteiger partial charge in [0.15, 0.2) is 11.5 Å². The van der Waals surface area contributed by atoms with E-state index in [0.29, 0.717) is 0 Å². The molecule has 0 fully saturated rings. The van der Waals surface area contributed by atoms with Gasteiger partial charge in [0.2, 0.25) is 0 Å². The van der Waals surface area contributed by atoms with Gasteiger partial charge in [-0.1, -0.05) is 0 Å². The van der Waals surface area contributed by atoms with Gasteiger partial charge in [-0.3, -0.25) is 14.9 Å².